The average Bonchev–Trinajstić information content (AvgIpc) is 3.62. The zero-order valence-electron chi connectivity index (χ0n) is 25.0. The first-order valence-electron chi connectivity index (χ1n) is 14.4. The van der Waals surface area contributed by atoms with Crippen LogP contribution in [0.2, 0.25) is 5.02 Å². The number of anilines is 1. The Bertz CT molecular complexity index is 2390. The first-order valence-corrected chi connectivity index (χ1v) is 15.6. The van der Waals surface area contributed by atoms with Crippen molar-refractivity contribution >= 4 is 46.2 Å². The molecule has 0 saturated heterocycles. The predicted octanol–water partition coefficient (Wildman–Crippen LogP) is 6.87. The molecular weight excluding hydrogens is 659 g/mol. The molecule has 0 aliphatic rings. The third-order valence-electron chi connectivity index (χ3n) is 7.28. The quantitative estimate of drug-likeness (QED) is 0.208. The fourth-order valence-corrected chi connectivity index (χ4v) is 6.29. The predicted molar refractivity (Wildman–Crippen MR) is 181 cm³/mol. The largest absolute Gasteiger partial charge is 0.418 e. The van der Waals surface area contributed by atoms with Gasteiger partial charge in [0.1, 0.15) is 10.7 Å². The molecule has 2 aromatic heterocycles. The second-order valence-corrected chi connectivity index (χ2v) is 12.1. The van der Waals surface area contributed by atoms with Crippen LogP contribution in [0, 0.1) is 18.3 Å². The van der Waals surface area contributed by atoms with Crippen molar-refractivity contribution < 1.29 is 18.0 Å². The van der Waals surface area contributed by atoms with Gasteiger partial charge in [-0.2, -0.15) is 23.5 Å². The number of hydrogen-bond acceptors (Lipinski definition) is 5. The molecule has 0 atom stereocenters. The maximum absolute atomic E-state index is 14.3. The number of para-hydroxylation sites is 2. The fourth-order valence-electron chi connectivity index (χ4n) is 5.02. The third-order valence-corrected chi connectivity index (χ3v) is 8.61. The number of nitrogens with zero attached hydrogens (tertiary/aromatic N) is 4. The molecule has 0 radical (unpaired) electrons. The van der Waals surface area contributed by atoms with Gasteiger partial charge in [0.25, 0.3) is 11.5 Å². The van der Waals surface area contributed by atoms with Crippen LogP contribution in [0.1, 0.15) is 16.7 Å². The lowest BCUT2D eigenvalue weighted by Crippen LogP contribution is -2.33. The Morgan fingerprint density at radius 1 is 0.979 bits per heavy atom. The van der Waals surface area contributed by atoms with Gasteiger partial charge in [-0.25, -0.2) is 4.68 Å². The van der Waals surface area contributed by atoms with Gasteiger partial charge in [-0.3, -0.25) is 14.2 Å². The van der Waals surface area contributed by atoms with Crippen LogP contribution < -0.4 is 20.1 Å². The molecule has 0 aliphatic heterocycles. The van der Waals surface area contributed by atoms with Crippen molar-refractivity contribution in [3.8, 4) is 28.7 Å². The first-order chi connectivity index (χ1) is 23.0. The Balaban J connectivity index is 1.64. The second-order valence-electron chi connectivity index (χ2n) is 10.6. The Hall–Kier alpha value is -5.70. The first kappa shape index (κ1) is 32.2. The molecule has 0 bridgehead atoms. The van der Waals surface area contributed by atoms with Crippen LogP contribution in [-0.2, 0) is 11.0 Å². The number of carbonyl (C=O) groups is 1. The number of amides is 1. The minimum Gasteiger partial charge on any atom is -0.321 e. The Labute approximate surface area is 280 Å². The van der Waals surface area contributed by atoms with Gasteiger partial charge in [0, 0.05) is 28.0 Å². The van der Waals surface area contributed by atoms with E-state index in [0.717, 1.165) is 44.9 Å². The molecule has 0 saturated carbocycles. The summed E-state index contributed by atoms with van der Waals surface area (Å²) < 4.78 is 44.9. The van der Waals surface area contributed by atoms with Crippen molar-refractivity contribution in [1.82, 2.24) is 14.3 Å². The normalized spacial score (nSPS) is 12.5. The lowest BCUT2D eigenvalue weighted by molar-refractivity contribution is -0.137. The van der Waals surface area contributed by atoms with E-state index < -0.39 is 34.5 Å². The van der Waals surface area contributed by atoms with Crippen molar-refractivity contribution in [2.24, 2.45) is 0 Å². The number of hydrogen-bond donors (Lipinski definition) is 1. The second kappa shape index (κ2) is 13.2. The van der Waals surface area contributed by atoms with Gasteiger partial charge in [-0.05, 0) is 55.5 Å². The average molecular weight is 682 g/mol. The summed E-state index contributed by atoms with van der Waals surface area (Å²) in [5.74, 6) is -0.928. The van der Waals surface area contributed by atoms with E-state index >= 15 is 0 Å². The fraction of sp³-hybridized carbons (Fsp3) is 0.0556. The van der Waals surface area contributed by atoms with Crippen molar-refractivity contribution in [3.63, 3.8) is 0 Å². The van der Waals surface area contributed by atoms with Crippen LogP contribution in [0.4, 0.5) is 18.9 Å². The molecule has 1 amide bonds. The molecule has 12 heteroatoms. The maximum Gasteiger partial charge on any atom is 0.418 e. The number of halogens is 4. The topological polar surface area (TPSA) is 92.7 Å². The molecule has 0 aliphatic carbocycles. The van der Waals surface area contributed by atoms with Crippen LogP contribution >= 0.6 is 22.9 Å². The number of thiazole rings is 1. The highest BCUT2D eigenvalue weighted by molar-refractivity contribution is 7.07. The zero-order valence-corrected chi connectivity index (χ0v) is 26.6. The smallest absolute Gasteiger partial charge is 0.321 e. The minimum absolute atomic E-state index is 0.0220. The molecule has 2 heterocycles. The van der Waals surface area contributed by atoms with Crippen LogP contribution in [0.25, 0.3) is 34.3 Å². The summed E-state index contributed by atoms with van der Waals surface area (Å²) in [5.41, 5.74) is 0.721. The van der Waals surface area contributed by atoms with Crippen molar-refractivity contribution in [2.75, 3.05) is 5.32 Å². The van der Waals surface area contributed by atoms with Gasteiger partial charge in [-0.1, -0.05) is 77.8 Å². The number of alkyl halides is 3. The van der Waals surface area contributed by atoms with Crippen LogP contribution in [0.3, 0.4) is 0 Å². The molecule has 4 aromatic carbocycles. The zero-order chi connectivity index (χ0) is 34.0. The number of nitriles is 1. The van der Waals surface area contributed by atoms with Crippen molar-refractivity contribution in [1.29, 1.82) is 5.26 Å². The molecule has 48 heavy (non-hydrogen) atoms. The molecular formula is C36H23ClF3N5O2S. The minimum atomic E-state index is -4.84. The van der Waals surface area contributed by atoms with E-state index in [9.17, 15) is 28.0 Å². The summed E-state index contributed by atoms with van der Waals surface area (Å²) in [6.07, 6.45) is -1.63. The lowest BCUT2D eigenvalue weighted by Gasteiger charge is -2.13. The number of carbonyl (C=O) groups excluding carboxylic acids is 1. The summed E-state index contributed by atoms with van der Waals surface area (Å²) in [6, 6.07) is 29.3. The monoisotopic (exact) mass is 681 g/mol. The van der Waals surface area contributed by atoms with Crippen molar-refractivity contribution in [3.05, 3.63) is 151 Å². The van der Waals surface area contributed by atoms with Crippen LogP contribution in [-0.4, -0.2) is 20.3 Å². The summed E-state index contributed by atoms with van der Waals surface area (Å²) in [7, 11) is 0. The highest BCUT2D eigenvalue weighted by Crippen LogP contribution is 2.33. The standard InChI is InChI=1S/C36H23ClF3N5O2S/c1-22-14-16-23(17-15-22)32-24(21-44(43-32)27-10-3-2-4-11-27)18-31-34(47)45(30-13-6-5-12-29(30)36(38,39)40)35(48-31)28(20-41)33(46)42-26-9-7-8-25(37)19-26/h2-19,21H,1H3,(H,42,46)/b31-18-,35-28+. The number of rotatable bonds is 6. The van der Waals surface area contributed by atoms with E-state index in [-0.39, 0.29) is 14.9 Å². The van der Waals surface area contributed by atoms with Crippen molar-refractivity contribution in [2.45, 2.75) is 13.1 Å². The molecule has 0 unspecified atom stereocenters. The van der Waals surface area contributed by atoms with Gasteiger partial charge in [0.2, 0.25) is 0 Å². The van der Waals surface area contributed by atoms with E-state index in [4.69, 9.17) is 16.7 Å². The highest BCUT2D eigenvalue weighted by atomic mass is 35.5. The van der Waals surface area contributed by atoms with E-state index in [2.05, 4.69) is 5.32 Å². The Morgan fingerprint density at radius 2 is 1.69 bits per heavy atom. The third kappa shape index (κ3) is 6.57. The van der Waals surface area contributed by atoms with Gasteiger partial charge < -0.3 is 5.32 Å². The summed E-state index contributed by atoms with van der Waals surface area (Å²) in [5, 5.41) is 17.8. The molecule has 0 fully saturated rings. The highest BCUT2D eigenvalue weighted by Gasteiger charge is 2.34. The Morgan fingerprint density at radius 3 is 2.38 bits per heavy atom. The summed E-state index contributed by atoms with van der Waals surface area (Å²) >= 11 is 6.77. The molecule has 0 spiro atoms. The SMILES string of the molecule is Cc1ccc(-c2nn(-c3ccccc3)cc2/C=c2\s/c(=C(\C#N)C(=O)Nc3cccc(Cl)c3)n(-c3ccccc3C(F)(F)F)c2=O)cc1. The number of nitrogens with one attached hydrogen (secondary N) is 1. The molecule has 6 aromatic rings. The van der Waals surface area contributed by atoms with E-state index in [0.29, 0.717) is 16.3 Å². The van der Waals surface area contributed by atoms with Gasteiger partial charge >= 0.3 is 6.18 Å². The molecule has 6 rings (SSSR count). The molecule has 7 nitrogen and oxygen atoms in total. The van der Waals surface area contributed by atoms with Gasteiger partial charge in [0.05, 0.1) is 27.2 Å². The van der Waals surface area contributed by atoms with Gasteiger partial charge in [-0.15, -0.1) is 11.3 Å². The van der Waals surface area contributed by atoms with E-state index in [1.807, 2.05) is 61.5 Å². The Kier molecular flexibility index (Phi) is 8.86. The van der Waals surface area contributed by atoms with E-state index in [1.165, 1.54) is 30.3 Å². The van der Waals surface area contributed by atoms with E-state index in [1.54, 1.807) is 29.1 Å². The van der Waals surface area contributed by atoms with Crippen LogP contribution in [0.15, 0.2) is 114 Å². The summed E-state index contributed by atoms with van der Waals surface area (Å²) in [4.78, 5) is 27.6. The number of benzene rings is 4. The number of aromatic nitrogens is 3. The lowest BCUT2D eigenvalue weighted by atomic mass is 10.1. The van der Waals surface area contributed by atoms with Gasteiger partial charge in [0.15, 0.2) is 5.57 Å². The summed E-state index contributed by atoms with van der Waals surface area (Å²) in [6.45, 7) is 1.94. The maximum atomic E-state index is 14.3. The molecule has 1 N–H and O–H groups in total. The molecule has 238 valence electrons. The number of aryl methyl sites for hydroxylation is 1. The van der Waals surface area contributed by atoms with Crippen LogP contribution in [0.5, 0.6) is 0 Å².